The van der Waals surface area contributed by atoms with Crippen LogP contribution in [0.2, 0.25) is 0 Å². The topological polar surface area (TPSA) is 189 Å². The number of nitrogens with one attached hydrogen (secondary N) is 2. The third-order valence-corrected chi connectivity index (χ3v) is 10.00. The Bertz CT molecular complexity index is 1730. The molecule has 51 heavy (non-hydrogen) atoms. The first-order chi connectivity index (χ1) is 24.7. The Hall–Kier alpha value is -5.01. The number of benzene rings is 2. The molecule has 270 valence electrons. The summed E-state index contributed by atoms with van der Waals surface area (Å²) in [4.78, 5) is 48.6. The van der Waals surface area contributed by atoms with Crippen LogP contribution in [-0.2, 0) is 16.0 Å². The molecule has 2 aromatic heterocycles. The first-order valence-electron chi connectivity index (χ1n) is 18.0. The zero-order valence-electron chi connectivity index (χ0n) is 29.8. The number of hydrogen-bond acceptors (Lipinski definition) is 9. The van der Waals surface area contributed by atoms with E-state index >= 15 is 0 Å². The van der Waals surface area contributed by atoms with Gasteiger partial charge in [0.2, 0.25) is 17.6 Å². The monoisotopic (exact) mass is 694 g/mol. The van der Waals surface area contributed by atoms with Crippen LogP contribution in [0.3, 0.4) is 0 Å². The van der Waals surface area contributed by atoms with Gasteiger partial charge in [0.05, 0.1) is 0 Å². The Morgan fingerprint density at radius 1 is 0.941 bits per heavy atom. The minimum absolute atomic E-state index is 0.118. The van der Waals surface area contributed by atoms with E-state index < -0.39 is 11.9 Å². The summed E-state index contributed by atoms with van der Waals surface area (Å²) in [6.07, 6.45) is 4.28. The van der Waals surface area contributed by atoms with E-state index in [1.165, 1.54) is 0 Å². The highest BCUT2D eigenvalue weighted by Gasteiger charge is 2.36. The molecule has 6 N–H and O–H groups in total. The molecular formula is C38H50N10O3. The predicted octanol–water partition coefficient (Wildman–Crippen LogP) is 3.89. The lowest BCUT2D eigenvalue weighted by Crippen LogP contribution is -2.52. The van der Waals surface area contributed by atoms with Gasteiger partial charge in [-0.25, -0.2) is 4.98 Å². The van der Waals surface area contributed by atoms with Gasteiger partial charge in [-0.15, -0.1) is 10.2 Å². The van der Waals surface area contributed by atoms with Gasteiger partial charge < -0.3 is 21.7 Å². The molecule has 5 rings (SSSR count). The van der Waals surface area contributed by atoms with Gasteiger partial charge in [0.25, 0.3) is 5.91 Å². The van der Waals surface area contributed by atoms with Crippen LogP contribution in [-0.4, -0.2) is 87.0 Å². The van der Waals surface area contributed by atoms with E-state index in [0.717, 1.165) is 66.8 Å². The van der Waals surface area contributed by atoms with Crippen LogP contribution < -0.4 is 21.7 Å². The van der Waals surface area contributed by atoms with Crippen molar-refractivity contribution in [1.82, 2.24) is 35.8 Å². The number of H-pyrrole nitrogens is 1. The van der Waals surface area contributed by atoms with Gasteiger partial charge in [0, 0.05) is 41.4 Å². The third kappa shape index (κ3) is 9.41. The van der Waals surface area contributed by atoms with E-state index in [4.69, 9.17) is 11.5 Å². The molecule has 1 fully saturated rings. The van der Waals surface area contributed by atoms with Gasteiger partial charge >= 0.3 is 0 Å². The zero-order chi connectivity index (χ0) is 36.3. The van der Waals surface area contributed by atoms with Crippen LogP contribution in [0.4, 0.5) is 5.69 Å². The Morgan fingerprint density at radius 3 is 2.22 bits per heavy atom. The Labute approximate surface area is 299 Å². The molecule has 1 aliphatic rings. The van der Waals surface area contributed by atoms with Gasteiger partial charge in [0.1, 0.15) is 11.7 Å². The molecule has 0 unspecified atom stereocenters. The lowest BCUT2D eigenvalue weighted by Gasteiger charge is -2.35. The summed E-state index contributed by atoms with van der Waals surface area (Å²) in [5.74, 6) is -0.298. The maximum absolute atomic E-state index is 14.2. The van der Waals surface area contributed by atoms with Crippen LogP contribution >= 0.6 is 0 Å². The summed E-state index contributed by atoms with van der Waals surface area (Å²) in [6, 6.07) is 17.7. The number of carbonyl (C=O) groups excluding carboxylic acids is 3. The molecule has 0 aliphatic heterocycles. The van der Waals surface area contributed by atoms with Crippen molar-refractivity contribution in [2.24, 2.45) is 23.3 Å². The first kappa shape index (κ1) is 37.3. The number of nitrogens with two attached hydrogens (primary N) is 2. The zero-order valence-corrected chi connectivity index (χ0v) is 29.8. The number of rotatable bonds is 16. The molecule has 0 spiro atoms. The summed E-state index contributed by atoms with van der Waals surface area (Å²) in [5, 5.41) is 17.1. The second-order valence-electron chi connectivity index (χ2n) is 13.2. The first-order valence-corrected chi connectivity index (χ1v) is 18.0. The highest BCUT2D eigenvalue weighted by atomic mass is 16.2. The van der Waals surface area contributed by atoms with Crippen molar-refractivity contribution in [1.29, 1.82) is 0 Å². The number of aromatic nitrogens is 5. The van der Waals surface area contributed by atoms with Crippen LogP contribution in [0.15, 0.2) is 60.7 Å². The van der Waals surface area contributed by atoms with Crippen molar-refractivity contribution in [3.63, 3.8) is 0 Å². The number of hydrogen-bond donors (Lipinski definition) is 4. The Kier molecular flexibility index (Phi) is 13.0. The minimum Gasteiger partial charge on any atom is -0.368 e. The summed E-state index contributed by atoms with van der Waals surface area (Å²) in [5.41, 5.74) is 17.1. The predicted molar refractivity (Wildman–Crippen MR) is 197 cm³/mol. The largest absolute Gasteiger partial charge is 0.368 e. The summed E-state index contributed by atoms with van der Waals surface area (Å²) < 4.78 is 0. The number of carbonyl (C=O) groups is 3. The summed E-state index contributed by atoms with van der Waals surface area (Å²) >= 11 is 0. The van der Waals surface area contributed by atoms with E-state index in [0.29, 0.717) is 49.1 Å². The molecule has 3 amide bonds. The van der Waals surface area contributed by atoms with Crippen molar-refractivity contribution in [2.75, 3.05) is 37.6 Å². The van der Waals surface area contributed by atoms with E-state index in [2.05, 4.69) is 49.7 Å². The number of primary amides is 1. The van der Waals surface area contributed by atoms with Gasteiger partial charge in [-0.1, -0.05) is 44.2 Å². The normalized spacial score (nSPS) is 16.5. The molecule has 0 saturated heterocycles. The second-order valence-corrected chi connectivity index (χ2v) is 13.2. The van der Waals surface area contributed by atoms with Crippen molar-refractivity contribution in [2.45, 2.75) is 65.3 Å². The van der Waals surface area contributed by atoms with Crippen molar-refractivity contribution >= 4 is 23.4 Å². The summed E-state index contributed by atoms with van der Waals surface area (Å²) in [6.45, 7) is 10.3. The highest BCUT2D eigenvalue weighted by molar-refractivity contribution is 6.02. The molecule has 0 bridgehead atoms. The smallest absolute Gasteiger partial charge is 0.269 e. The average molecular weight is 695 g/mol. The molecule has 2 heterocycles. The summed E-state index contributed by atoms with van der Waals surface area (Å²) in [7, 11) is 0. The fourth-order valence-corrected chi connectivity index (χ4v) is 6.85. The minimum atomic E-state index is -0.917. The fourth-order valence-electron chi connectivity index (χ4n) is 6.85. The molecule has 13 heteroatoms. The number of nitrogens with zero attached hydrogens (tertiary/aromatic N) is 6. The molecule has 1 saturated carbocycles. The van der Waals surface area contributed by atoms with Crippen LogP contribution in [0.5, 0.6) is 0 Å². The molecule has 1 atom stereocenters. The standard InChI is InChI=1S/C38H50N10O3/c1-4-47(5-2)22-6-21-41-37(50)33-20-19-32(25(3)42-33)28-11-7-26(8-12-28)23-34(35(40)49)48(38(51)30-13-9-27(24-39)10-14-30)31-17-15-29(16-18-31)36-43-45-46-44-36/h7-8,11-12,15-20,27,30,34H,4-6,9-10,13-14,21-24,39H2,1-3H3,(H2,40,49)(H,41,50)(H,43,44,45,46)/t27?,30?,34-/m0/s1. The van der Waals surface area contributed by atoms with Crippen LogP contribution in [0, 0.1) is 18.8 Å². The van der Waals surface area contributed by atoms with Crippen LogP contribution in [0.1, 0.15) is 67.7 Å². The lowest BCUT2D eigenvalue weighted by atomic mass is 9.81. The van der Waals surface area contributed by atoms with Gasteiger partial charge in [0.15, 0.2) is 0 Å². The fraction of sp³-hybridized carbons (Fsp3) is 0.447. The number of anilines is 1. The van der Waals surface area contributed by atoms with Gasteiger partial charge in [-0.3, -0.25) is 19.3 Å². The quantitative estimate of drug-likeness (QED) is 0.126. The molecule has 0 radical (unpaired) electrons. The number of aryl methyl sites for hydroxylation is 1. The third-order valence-electron chi connectivity index (χ3n) is 10.00. The molecule has 13 nitrogen and oxygen atoms in total. The molecule has 1 aliphatic carbocycles. The van der Waals surface area contributed by atoms with Gasteiger partial charge in [-0.05, 0) is 118 Å². The van der Waals surface area contributed by atoms with E-state index in [-0.39, 0.29) is 24.2 Å². The number of aromatic amines is 1. The number of amides is 3. The SMILES string of the molecule is CCN(CC)CCCNC(=O)c1ccc(-c2ccc(C[C@@H](C(N)=O)N(C(=O)C3CCC(CN)CC3)c3ccc(-c4nn[nH]n4)cc3)cc2)c(C)n1. The van der Waals surface area contributed by atoms with E-state index in [9.17, 15) is 14.4 Å². The highest BCUT2D eigenvalue weighted by Crippen LogP contribution is 2.33. The van der Waals surface area contributed by atoms with Gasteiger partial charge in [-0.2, -0.15) is 5.21 Å². The second kappa shape index (κ2) is 17.8. The molecule has 2 aromatic carbocycles. The Balaban J connectivity index is 1.32. The van der Waals surface area contributed by atoms with Crippen molar-refractivity contribution in [3.05, 3.63) is 77.6 Å². The lowest BCUT2D eigenvalue weighted by molar-refractivity contribution is -0.127. The number of tetrazole rings is 1. The number of pyridine rings is 1. The maximum Gasteiger partial charge on any atom is 0.269 e. The maximum atomic E-state index is 14.2. The van der Waals surface area contributed by atoms with Crippen molar-refractivity contribution in [3.8, 4) is 22.5 Å². The van der Waals surface area contributed by atoms with Crippen LogP contribution in [0.25, 0.3) is 22.5 Å². The van der Waals surface area contributed by atoms with Crippen molar-refractivity contribution < 1.29 is 14.4 Å². The molecule has 4 aromatic rings. The van der Waals surface area contributed by atoms with E-state index in [1.54, 1.807) is 35.2 Å². The average Bonchev–Trinajstić information content (AvgIpc) is 3.70. The van der Waals surface area contributed by atoms with E-state index in [1.807, 2.05) is 37.3 Å². The molecular weight excluding hydrogens is 644 g/mol. The Morgan fingerprint density at radius 2 is 1.63 bits per heavy atom.